The highest BCUT2D eigenvalue weighted by molar-refractivity contribution is 5.97. The van der Waals surface area contributed by atoms with Crippen LogP contribution in [0, 0.1) is 5.92 Å². The van der Waals surface area contributed by atoms with Crippen LogP contribution in [-0.2, 0) is 11.2 Å². The van der Waals surface area contributed by atoms with Gasteiger partial charge in [0.05, 0.1) is 12.0 Å². The molecule has 2 amide bonds. The predicted octanol–water partition coefficient (Wildman–Crippen LogP) is 1.94. The van der Waals surface area contributed by atoms with E-state index in [1.54, 1.807) is 4.90 Å². The second kappa shape index (κ2) is 5.51. The lowest BCUT2D eigenvalue weighted by Gasteiger charge is -2.36. The van der Waals surface area contributed by atoms with Crippen molar-refractivity contribution in [3.8, 4) is 0 Å². The third-order valence-corrected chi connectivity index (χ3v) is 4.82. The van der Waals surface area contributed by atoms with Crippen LogP contribution in [0.3, 0.4) is 0 Å². The number of carbonyl (C=O) groups is 2. The molecule has 2 aliphatic heterocycles. The Labute approximate surface area is 125 Å². The zero-order valence-corrected chi connectivity index (χ0v) is 12.7. The summed E-state index contributed by atoms with van der Waals surface area (Å²) in [5.74, 6) is 0.285. The van der Waals surface area contributed by atoms with Crippen molar-refractivity contribution in [3.63, 3.8) is 0 Å². The number of nitrogens with zero attached hydrogens (tertiary/aromatic N) is 2. The lowest BCUT2D eigenvalue weighted by Crippen LogP contribution is -2.48. The predicted molar refractivity (Wildman–Crippen MR) is 81.0 cm³/mol. The number of amides is 2. The van der Waals surface area contributed by atoms with Crippen molar-refractivity contribution >= 4 is 11.8 Å². The highest BCUT2D eigenvalue weighted by atomic mass is 16.2. The van der Waals surface area contributed by atoms with E-state index in [9.17, 15) is 9.59 Å². The van der Waals surface area contributed by atoms with Crippen molar-refractivity contribution in [2.45, 2.75) is 32.2 Å². The SMILES string of the molecule is CCc1ccccc1C(=O)N1CCC[C@H]2C(=O)N(C)C[C@H]21. The zero-order chi connectivity index (χ0) is 15.0. The number of hydrogen-bond acceptors (Lipinski definition) is 2. The first kappa shape index (κ1) is 14.1. The quantitative estimate of drug-likeness (QED) is 0.833. The fraction of sp³-hybridized carbons (Fsp3) is 0.529. The molecule has 21 heavy (non-hydrogen) atoms. The Balaban J connectivity index is 1.89. The summed E-state index contributed by atoms with van der Waals surface area (Å²) in [6.07, 6.45) is 2.68. The smallest absolute Gasteiger partial charge is 0.254 e. The highest BCUT2D eigenvalue weighted by Gasteiger charge is 2.45. The molecular weight excluding hydrogens is 264 g/mol. The van der Waals surface area contributed by atoms with E-state index in [2.05, 4.69) is 6.92 Å². The molecule has 0 saturated carbocycles. The largest absolute Gasteiger partial charge is 0.343 e. The number of likely N-dealkylation sites (tertiary alicyclic amines) is 2. The molecule has 0 unspecified atom stereocenters. The van der Waals surface area contributed by atoms with Gasteiger partial charge in [0.1, 0.15) is 0 Å². The van der Waals surface area contributed by atoms with E-state index in [1.165, 1.54) is 0 Å². The second-order valence-corrected chi connectivity index (χ2v) is 6.04. The molecule has 2 saturated heterocycles. The van der Waals surface area contributed by atoms with Crippen LogP contribution in [0.25, 0.3) is 0 Å². The van der Waals surface area contributed by atoms with Crippen LogP contribution >= 0.6 is 0 Å². The summed E-state index contributed by atoms with van der Waals surface area (Å²) in [6, 6.07) is 7.86. The van der Waals surface area contributed by atoms with Gasteiger partial charge in [-0.2, -0.15) is 0 Å². The number of benzene rings is 1. The molecule has 0 aromatic heterocycles. The van der Waals surface area contributed by atoms with Crippen molar-refractivity contribution < 1.29 is 9.59 Å². The van der Waals surface area contributed by atoms with Crippen LogP contribution < -0.4 is 0 Å². The highest BCUT2D eigenvalue weighted by Crippen LogP contribution is 2.32. The van der Waals surface area contributed by atoms with E-state index < -0.39 is 0 Å². The zero-order valence-electron chi connectivity index (χ0n) is 12.7. The van der Waals surface area contributed by atoms with Crippen LogP contribution in [0.15, 0.2) is 24.3 Å². The summed E-state index contributed by atoms with van der Waals surface area (Å²) in [7, 11) is 1.84. The summed E-state index contributed by atoms with van der Waals surface area (Å²) >= 11 is 0. The van der Waals surface area contributed by atoms with Crippen LogP contribution in [0.4, 0.5) is 0 Å². The Hall–Kier alpha value is -1.84. The maximum Gasteiger partial charge on any atom is 0.254 e. The van der Waals surface area contributed by atoms with Crippen LogP contribution in [0.2, 0.25) is 0 Å². The molecule has 2 aliphatic rings. The number of carbonyl (C=O) groups excluding carboxylic acids is 2. The molecule has 3 rings (SSSR count). The molecule has 0 spiro atoms. The summed E-state index contributed by atoms with van der Waals surface area (Å²) < 4.78 is 0. The van der Waals surface area contributed by atoms with Gasteiger partial charge in [0.15, 0.2) is 0 Å². The molecule has 2 heterocycles. The Kier molecular flexibility index (Phi) is 3.70. The van der Waals surface area contributed by atoms with E-state index in [-0.39, 0.29) is 23.8 Å². The first-order valence-corrected chi connectivity index (χ1v) is 7.77. The topological polar surface area (TPSA) is 40.6 Å². The monoisotopic (exact) mass is 286 g/mol. The summed E-state index contributed by atoms with van der Waals surface area (Å²) in [5.41, 5.74) is 1.88. The molecule has 2 fully saturated rings. The summed E-state index contributed by atoms with van der Waals surface area (Å²) in [5, 5.41) is 0. The number of likely N-dealkylation sites (N-methyl/N-ethyl adjacent to an activating group) is 1. The van der Waals surface area contributed by atoms with Gasteiger partial charge >= 0.3 is 0 Å². The number of rotatable bonds is 2. The van der Waals surface area contributed by atoms with Gasteiger partial charge < -0.3 is 9.80 Å². The summed E-state index contributed by atoms with van der Waals surface area (Å²) in [4.78, 5) is 28.8. The van der Waals surface area contributed by atoms with Crippen molar-refractivity contribution in [3.05, 3.63) is 35.4 Å². The van der Waals surface area contributed by atoms with Gasteiger partial charge in [-0.25, -0.2) is 0 Å². The maximum absolute atomic E-state index is 12.9. The molecule has 0 aliphatic carbocycles. The molecule has 0 radical (unpaired) electrons. The number of fused-ring (bicyclic) bond motifs is 1. The van der Waals surface area contributed by atoms with Gasteiger partial charge in [0, 0.05) is 25.7 Å². The van der Waals surface area contributed by atoms with Gasteiger partial charge in [0.25, 0.3) is 5.91 Å². The molecule has 112 valence electrons. The van der Waals surface area contributed by atoms with E-state index in [1.807, 2.05) is 36.2 Å². The normalized spacial score (nSPS) is 25.1. The Morgan fingerprint density at radius 2 is 2.10 bits per heavy atom. The molecule has 0 N–H and O–H groups in total. The third kappa shape index (κ3) is 2.33. The standard InChI is InChI=1S/C17H22N2O2/c1-3-12-7-4-5-8-13(12)17(21)19-10-6-9-14-15(19)11-18(2)16(14)20/h4-5,7-8,14-15H,3,6,9-11H2,1-2H3/t14-,15-/m1/s1. The fourth-order valence-electron chi connectivity index (χ4n) is 3.67. The van der Waals surface area contributed by atoms with Gasteiger partial charge in [0.2, 0.25) is 5.91 Å². The third-order valence-electron chi connectivity index (χ3n) is 4.82. The van der Waals surface area contributed by atoms with E-state index in [4.69, 9.17) is 0 Å². The average molecular weight is 286 g/mol. The Morgan fingerprint density at radius 3 is 2.86 bits per heavy atom. The van der Waals surface area contributed by atoms with E-state index >= 15 is 0 Å². The van der Waals surface area contributed by atoms with Crippen LogP contribution in [0.5, 0.6) is 0 Å². The molecule has 0 bridgehead atoms. The second-order valence-electron chi connectivity index (χ2n) is 6.04. The van der Waals surface area contributed by atoms with Crippen molar-refractivity contribution in [2.75, 3.05) is 20.1 Å². The van der Waals surface area contributed by atoms with Crippen LogP contribution in [0.1, 0.15) is 35.7 Å². The van der Waals surface area contributed by atoms with Gasteiger partial charge in [-0.05, 0) is 30.9 Å². The van der Waals surface area contributed by atoms with Crippen molar-refractivity contribution in [1.82, 2.24) is 9.80 Å². The van der Waals surface area contributed by atoms with Crippen LogP contribution in [-0.4, -0.2) is 47.8 Å². The molecular formula is C17H22N2O2. The maximum atomic E-state index is 12.9. The van der Waals surface area contributed by atoms with Crippen molar-refractivity contribution in [1.29, 1.82) is 0 Å². The van der Waals surface area contributed by atoms with Crippen molar-refractivity contribution in [2.24, 2.45) is 5.92 Å². The van der Waals surface area contributed by atoms with Gasteiger partial charge in [-0.1, -0.05) is 25.1 Å². The molecule has 1 aromatic carbocycles. The number of hydrogen-bond donors (Lipinski definition) is 0. The average Bonchev–Trinajstić information content (AvgIpc) is 2.81. The minimum atomic E-state index is 0.00138. The van der Waals surface area contributed by atoms with Gasteiger partial charge in [-0.3, -0.25) is 9.59 Å². The lowest BCUT2D eigenvalue weighted by molar-refractivity contribution is -0.130. The number of piperidine rings is 1. The molecule has 1 aromatic rings. The van der Waals surface area contributed by atoms with E-state index in [0.717, 1.165) is 36.9 Å². The molecule has 4 heteroatoms. The first-order chi connectivity index (χ1) is 10.1. The van der Waals surface area contributed by atoms with Gasteiger partial charge in [-0.15, -0.1) is 0 Å². The molecule has 4 nitrogen and oxygen atoms in total. The first-order valence-electron chi connectivity index (χ1n) is 7.77. The fourth-order valence-corrected chi connectivity index (χ4v) is 3.67. The molecule has 2 atom stereocenters. The minimum Gasteiger partial charge on any atom is -0.343 e. The Morgan fingerprint density at radius 1 is 1.33 bits per heavy atom. The van der Waals surface area contributed by atoms with E-state index in [0.29, 0.717) is 6.54 Å². The minimum absolute atomic E-state index is 0.00138. The lowest BCUT2D eigenvalue weighted by atomic mass is 9.90. The Bertz CT molecular complexity index is 570. The summed E-state index contributed by atoms with van der Waals surface area (Å²) in [6.45, 7) is 3.50. The number of aryl methyl sites for hydroxylation is 1.